The highest BCUT2D eigenvalue weighted by atomic mass is 19.1. The fourth-order valence-corrected chi connectivity index (χ4v) is 1.88. The van der Waals surface area contributed by atoms with Crippen LogP contribution in [0.5, 0.6) is 0 Å². The van der Waals surface area contributed by atoms with Crippen LogP contribution in [0, 0.1) is 15.9 Å². The van der Waals surface area contributed by atoms with Crippen molar-refractivity contribution < 1.29 is 14.1 Å². The van der Waals surface area contributed by atoms with Crippen LogP contribution in [0.3, 0.4) is 0 Å². The number of nitrogens with zero attached hydrogens (tertiary/aromatic N) is 1. The second-order valence-corrected chi connectivity index (χ2v) is 4.09. The number of nitrogens with one attached hydrogen (secondary N) is 1. The van der Waals surface area contributed by atoms with E-state index in [9.17, 15) is 14.5 Å². The van der Waals surface area contributed by atoms with Crippen molar-refractivity contribution in [2.45, 2.75) is 25.0 Å². The molecular formula is C11H13FN2O3. The maximum absolute atomic E-state index is 13.0. The summed E-state index contributed by atoms with van der Waals surface area (Å²) in [5.41, 5.74) is 0.127. The first-order valence-electron chi connectivity index (χ1n) is 5.33. The van der Waals surface area contributed by atoms with E-state index in [-0.39, 0.29) is 23.5 Å². The lowest BCUT2D eigenvalue weighted by atomic mass is 9.89. The third-order valence-electron chi connectivity index (χ3n) is 2.94. The van der Waals surface area contributed by atoms with Crippen LogP contribution in [0.25, 0.3) is 0 Å². The second kappa shape index (κ2) is 4.67. The molecule has 1 fully saturated rings. The molecule has 1 aromatic rings. The number of nitro groups is 1. The molecule has 0 saturated heterocycles. The van der Waals surface area contributed by atoms with Crippen molar-refractivity contribution in [3.05, 3.63) is 34.1 Å². The van der Waals surface area contributed by atoms with Crippen molar-refractivity contribution >= 4 is 11.4 Å². The normalized spacial score (nSPS) is 22.9. The van der Waals surface area contributed by atoms with Gasteiger partial charge in [-0.05, 0) is 18.9 Å². The lowest BCUT2D eigenvalue weighted by molar-refractivity contribution is -0.384. The van der Waals surface area contributed by atoms with Gasteiger partial charge in [0.2, 0.25) is 0 Å². The largest absolute Gasteiger partial charge is 0.381 e. The number of rotatable bonds is 4. The first kappa shape index (κ1) is 11.8. The molecule has 0 aromatic heterocycles. The quantitative estimate of drug-likeness (QED) is 0.648. The summed E-state index contributed by atoms with van der Waals surface area (Å²) in [7, 11) is 1.63. The summed E-state index contributed by atoms with van der Waals surface area (Å²) >= 11 is 0. The SMILES string of the molecule is COC1CC(Nc2cc(F)ccc2[N+](=O)[O-])C1. The van der Waals surface area contributed by atoms with Gasteiger partial charge in [-0.1, -0.05) is 0 Å². The molecule has 0 radical (unpaired) electrons. The van der Waals surface area contributed by atoms with Gasteiger partial charge in [0.1, 0.15) is 11.5 Å². The zero-order valence-electron chi connectivity index (χ0n) is 9.35. The summed E-state index contributed by atoms with van der Waals surface area (Å²) in [5, 5.41) is 13.7. The Morgan fingerprint density at radius 3 is 2.82 bits per heavy atom. The van der Waals surface area contributed by atoms with Crippen molar-refractivity contribution in [3.63, 3.8) is 0 Å². The Balaban J connectivity index is 2.09. The lowest BCUT2D eigenvalue weighted by Crippen LogP contribution is -2.40. The summed E-state index contributed by atoms with van der Waals surface area (Å²) in [6, 6.07) is 3.52. The number of hydrogen-bond acceptors (Lipinski definition) is 4. The average Bonchev–Trinajstić information content (AvgIpc) is 2.22. The maximum atomic E-state index is 13.0. The molecule has 5 nitrogen and oxygen atoms in total. The summed E-state index contributed by atoms with van der Waals surface area (Å²) in [6.45, 7) is 0. The molecule has 1 N–H and O–H groups in total. The van der Waals surface area contributed by atoms with Crippen molar-refractivity contribution in [1.29, 1.82) is 0 Å². The van der Waals surface area contributed by atoms with Gasteiger partial charge < -0.3 is 10.1 Å². The van der Waals surface area contributed by atoms with E-state index in [2.05, 4.69) is 5.32 Å². The Labute approximate surface area is 97.7 Å². The molecule has 1 aliphatic carbocycles. The van der Waals surface area contributed by atoms with Crippen LogP contribution in [0.1, 0.15) is 12.8 Å². The first-order valence-corrected chi connectivity index (χ1v) is 5.33. The van der Waals surface area contributed by atoms with Gasteiger partial charge in [0.15, 0.2) is 0 Å². The summed E-state index contributed by atoms with van der Waals surface area (Å²) in [6.07, 6.45) is 1.76. The highest BCUT2D eigenvalue weighted by Gasteiger charge is 2.30. The number of halogens is 1. The predicted molar refractivity (Wildman–Crippen MR) is 60.5 cm³/mol. The van der Waals surface area contributed by atoms with E-state index >= 15 is 0 Å². The molecule has 1 saturated carbocycles. The molecule has 0 amide bonds. The van der Waals surface area contributed by atoms with Gasteiger partial charge in [0.05, 0.1) is 11.0 Å². The van der Waals surface area contributed by atoms with Crippen molar-refractivity contribution in [1.82, 2.24) is 0 Å². The van der Waals surface area contributed by atoms with Crippen molar-refractivity contribution in [2.24, 2.45) is 0 Å². The standard InChI is InChI=1S/C11H13FN2O3/c1-17-9-5-8(6-9)13-10-4-7(12)2-3-11(10)14(15)16/h2-4,8-9,13H,5-6H2,1H3. The Kier molecular flexibility index (Phi) is 3.23. The average molecular weight is 240 g/mol. The molecule has 0 aliphatic heterocycles. The van der Waals surface area contributed by atoms with Crippen LogP contribution in [0.4, 0.5) is 15.8 Å². The van der Waals surface area contributed by atoms with Gasteiger partial charge in [-0.2, -0.15) is 0 Å². The number of ether oxygens (including phenoxy) is 1. The van der Waals surface area contributed by atoms with E-state index in [1.54, 1.807) is 7.11 Å². The van der Waals surface area contributed by atoms with E-state index in [4.69, 9.17) is 4.74 Å². The van der Waals surface area contributed by atoms with E-state index in [1.165, 1.54) is 6.07 Å². The topological polar surface area (TPSA) is 64.4 Å². The Morgan fingerprint density at radius 1 is 1.53 bits per heavy atom. The molecule has 0 atom stereocenters. The molecule has 0 unspecified atom stereocenters. The number of anilines is 1. The van der Waals surface area contributed by atoms with E-state index < -0.39 is 10.7 Å². The van der Waals surface area contributed by atoms with Gasteiger partial charge in [-0.25, -0.2) is 4.39 Å². The molecule has 0 heterocycles. The Morgan fingerprint density at radius 2 is 2.24 bits per heavy atom. The molecule has 17 heavy (non-hydrogen) atoms. The third-order valence-corrected chi connectivity index (χ3v) is 2.94. The number of nitro benzene ring substituents is 1. The Hall–Kier alpha value is -1.69. The molecule has 92 valence electrons. The van der Waals surface area contributed by atoms with Crippen LogP contribution in [0.15, 0.2) is 18.2 Å². The zero-order valence-corrected chi connectivity index (χ0v) is 9.35. The van der Waals surface area contributed by atoms with Gasteiger partial charge in [-0.3, -0.25) is 10.1 Å². The first-order chi connectivity index (χ1) is 8.10. The van der Waals surface area contributed by atoms with E-state index in [0.29, 0.717) is 0 Å². The van der Waals surface area contributed by atoms with Crippen LogP contribution in [-0.2, 0) is 4.74 Å². The Bertz CT molecular complexity index is 433. The second-order valence-electron chi connectivity index (χ2n) is 4.09. The van der Waals surface area contributed by atoms with Crippen molar-refractivity contribution in [2.75, 3.05) is 12.4 Å². The number of benzene rings is 1. The van der Waals surface area contributed by atoms with Gasteiger partial charge in [0, 0.05) is 25.3 Å². The van der Waals surface area contributed by atoms with Crippen LogP contribution < -0.4 is 5.32 Å². The molecule has 1 aliphatic rings. The minimum atomic E-state index is -0.520. The maximum Gasteiger partial charge on any atom is 0.292 e. The van der Waals surface area contributed by atoms with Crippen molar-refractivity contribution in [3.8, 4) is 0 Å². The summed E-state index contributed by atoms with van der Waals surface area (Å²) in [4.78, 5) is 10.2. The highest BCUT2D eigenvalue weighted by molar-refractivity contribution is 5.62. The smallest absolute Gasteiger partial charge is 0.292 e. The minimum absolute atomic E-state index is 0.104. The summed E-state index contributed by atoms with van der Waals surface area (Å²) < 4.78 is 18.1. The molecule has 6 heteroatoms. The van der Waals surface area contributed by atoms with Gasteiger partial charge in [-0.15, -0.1) is 0 Å². The van der Waals surface area contributed by atoms with Gasteiger partial charge >= 0.3 is 0 Å². The summed E-state index contributed by atoms with van der Waals surface area (Å²) in [5.74, 6) is -0.485. The lowest BCUT2D eigenvalue weighted by Gasteiger charge is -2.35. The van der Waals surface area contributed by atoms with Crippen LogP contribution in [-0.4, -0.2) is 24.2 Å². The third kappa shape index (κ3) is 2.52. The molecule has 1 aromatic carbocycles. The zero-order chi connectivity index (χ0) is 12.4. The molecule has 2 rings (SSSR count). The van der Waals surface area contributed by atoms with Crippen LogP contribution in [0.2, 0.25) is 0 Å². The fraction of sp³-hybridized carbons (Fsp3) is 0.455. The number of hydrogen-bond donors (Lipinski definition) is 1. The molecular weight excluding hydrogens is 227 g/mol. The fourth-order valence-electron chi connectivity index (χ4n) is 1.88. The minimum Gasteiger partial charge on any atom is -0.381 e. The van der Waals surface area contributed by atoms with Gasteiger partial charge in [0.25, 0.3) is 5.69 Å². The highest BCUT2D eigenvalue weighted by Crippen LogP contribution is 2.31. The van der Waals surface area contributed by atoms with E-state index in [1.807, 2.05) is 0 Å². The predicted octanol–water partition coefficient (Wildman–Crippen LogP) is 2.32. The molecule has 0 bridgehead atoms. The monoisotopic (exact) mass is 240 g/mol. The van der Waals surface area contributed by atoms with Crippen LogP contribution >= 0.6 is 0 Å². The van der Waals surface area contributed by atoms with E-state index in [0.717, 1.165) is 25.0 Å². The molecule has 0 spiro atoms. The number of methoxy groups -OCH3 is 1.